The molecule has 23 heavy (non-hydrogen) atoms. The fourth-order valence-corrected chi connectivity index (χ4v) is 2.73. The molecule has 7 nitrogen and oxygen atoms in total. The summed E-state index contributed by atoms with van der Waals surface area (Å²) in [6.07, 6.45) is -0.387. The number of fused-ring (bicyclic) bond motifs is 2. The Labute approximate surface area is 133 Å². The monoisotopic (exact) mass is 321 g/mol. The van der Waals surface area contributed by atoms with Gasteiger partial charge in [-0.15, -0.1) is 0 Å². The number of phenols is 1. The van der Waals surface area contributed by atoms with Gasteiger partial charge >= 0.3 is 17.7 Å². The average molecular weight is 321 g/mol. The van der Waals surface area contributed by atoms with Crippen LogP contribution in [0.5, 0.6) is 11.5 Å². The van der Waals surface area contributed by atoms with E-state index in [1.807, 2.05) is 13.8 Å². The van der Waals surface area contributed by atoms with Crippen LogP contribution in [0.3, 0.4) is 0 Å². The number of hydrogen-bond acceptors (Lipinski definition) is 7. The molecule has 2 unspecified atom stereocenters. The Morgan fingerprint density at radius 3 is 2.83 bits per heavy atom. The number of nitrogens with one attached hydrogen (secondary N) is 1. The lowest BCUT2D eigenvalue weighted by atomic mass is 9.95. The van der Waals surface area contributed by atoms with Crippen molar-refractivity contribution in [1.82, 2.24) is 5.32 Å². The summed E-state index contributed by atoms with van der Waals surface area (Å²) in [6, 6.07) is 4.68. The first-order valence-corrected chi connectivity index (χ1v) is 7.55. The highest BCUT2D eigenvalue weighted by molar-refractivity contribution is 6.30. The number of carbonyl (C=O) groups excluding carboxylic acids is 2. The topological polar surface area (TPSA) is 94.1 Å². The molecule has 2 aliphatic rings. The Balaban J connectivity index is 1.90. The van der Waals surface area contributed by atoms with Crippen LogP contribution in [0.2, 0.25) is 0 Å². The highest BCUT2D eigenvalue weighted by atomic mass is 16.8. The number of phenolic OH excluding ortho intramolecular Hbond substituents is 1. The molecule has 3 rings (SSSR count). The molecule has 1 saturated heterocycles. The van der Waals surface area contributed by atoms with E-state index in [4.69, 9.17) is 14.2 Å². The fourth-order valence-electron chi connectivity index (χ4n) is 2.73. The van der Waals surface area contributed by atoms with Gasteiger partial charge in [-0.25, -0.2) is 9.59 Å². The summed E-state index contributed by atoms with van der Waals surface area (Å²) >= 11 is 0. The van der Waals surface area contributed by atoms with E-state index in [2.05, 4.69) is 5.32 Å². The predicted octanol–water partition coefficient (Wildman–Crippen LogP) is 0.738. The Morgan fingerprint density at radius 2 is 2.09 bits per heavy atom. The van der Waals surface area contributed by atoms with E-state index in [0.29, 0.717) is 24.6 Å². The van der Waals surface area contributed by atoms with Crippen molar-refractivity contribution in [1.29, 1.82) is 0 Å². The Hall–Kier alpha value is -2.28. The second-order valence-corrected chi connectivity index (χ2v) is 6.22. The first kappa shape index (κ1) is 15.6. The molecular weight excluding hydrogens is 302 g/mol. The van der Waals surface area contributed by atoms with Gasteiger partial charge in [-0.2, -0.15) is 0 Å². The van der Waals surface area contributed by atoms with Crippen LogP contribution < -0.4 is 10.1 Å². The molecule has 7 heteroatoms. The number of hydrogen-bond donors (Lipinski definition) is 2. The lowest BCUT2D eigenvalue weighted by Crippen LogP contribution is -2.65. The van der Waals surface area contributed by atoms with E-state index in [9.17, 15) is 14.7 Å². The molecule has 1 fully saturated rings. The maximum absolute atomic E-state index is 11.7. The van der Waals surface area contributed by atoms with E-state index < -0.39 is 23.8 Å². The van der Waals surface area contributed by atoms with E-state index in [1.54, 1.807) is 6.07 Å². The van der Waals surface area contributed by atoms with Gasteiger partial charge in [-0.05, 0) is 24.1 Å². The van der Waals surface area contributed by atoms with Gasteiger partial charge in [0.15, 0.2) is 6.10 Å². The van der Waals surface area contributed by atoms with E-state index in [-0.39, 0.29) is 12.3 Å². The molecule has 0 bridgehead atoms. The SMILES string of the molecule is CC(C)CNCC12OC(=O)C(=O)OC1Cc1ccc(O)cc1O2. The van der Waals surface area contributed by atoms with Crippen molar-refractivity contribution in [3.63, 3.8) is 0 Å². The van der Waals surface area contributed by atoms with Crippen molar-refractivity contribution >= 4 is 11.9 Å². The number of benzene rings is 1. The van der Waals surface area contributed by atoms with Crippen LogP contribution >= 0.6 is 0 Å². The average Bonchev–Trinajstić information content (AvgIpc) is 2.46. The van der Waals surface area contributed by atoms with Gasteiger partial charge < -0.3 is 24.6 Å². The predicted molar refractivity (Wildman–Crippen MR) is 78.8 cm³/mol. The Bertz CT molecular complexity index is 643. The van der Waals surface area contributed by atoms with Crippen LogP contribution in [0.25, 0.3) is 0 Å². The lowest BCUT2D eigenvalue weighted by molar-refractivity contribution is -0.265. The van der Waals surface area contributed by atoms with Gasteiger partial charge in [-0.1, -0.05) is 19.9 Å². The van der Waals surface area contributed by atoms with Crippen molar-refractivity contribution in [2.75, 3.05) is 13.1 Å². The van der Waals surface area contributed by atoms with Crippen LogP contribution in [0, 0.1) is 5.92 Å². The standard InChI is InChI=1S/C16H19NO6/c1-9(2)7-17-8-16-13(21-14(19)15(20)23-16)5-10-3-4-11(18)6-12(10)22-16/h3-4,6,9,13,17-18H,5,7-8H2,1-2H3. The smallest absolute Gasteiger partial charge is 0.420 e. The molecule has 0 amide bonds. The van der Waals surface area contributed by atoms with Gasteiger partial charge in [0.25, 0.3) is 0 Å². The molecule has 2 N–H and O–H groups in total. The third-order valence-corrected chi connectivity index (χ3v) is 3.83. The molecule has 2 atom stereocenters. The van der Waals surface area contributed by atoms with Gasteiger partial charge in [0.2, 0.25) is 0 Å². The first-order chi connectivity index (χ1) is 10.9. The van der Waals surface area contributed by atoms with Crippen LogP contribution in [0.15, 0.2) is 18.2 Å². The maximum atomic E-state index is 11.7. The van der Waals surface area contributed by atoms with Gasteiger partial charge in [0, 0.05) is 12.5 Å². The van der Waals surface area contributed by atoms with Crippen molar-refractivity contribution in [3.8, 4) is 11.5 Å². The van der Waals surface area contributed by atoms with Crippen molar-refractivity contribution in [3.05, 3.63) is 23.8 Å². The molecule has 0 saturated carbocycles. The minimum absolute atomic E-state index is 0.0478. The van der Waals surface area contributed by atoms with Crippen molar-refractivity contribution in [2.24, 2.45) is 5.92 Å². The summed E-state index contributed by atoms with van der Waals surface area (Å²) in [4.78, 5) is 23.2. The molecular formula is C16H19NO6. The molecule has 124 valence electrons. The first-order valence-electron chi connectivity index (χ1n) is 7.55. The second-order valence-electron chi connectivity index (χ2n) is 6.22. The van der Waals surface area contributed by atoms with Crippen molar-refractivity contribution < 1.29 is 28.9 Å². The fraction of sp³-hybridized carbons (Fsp3) is 0.500. The number of ether oxygens (including phenoxy) is 3. The highest BCUT2D eigenvalue weighted by Crippen LogP contribution is 2.39. The maximum Gasteiger partial charge on any atom is 0.420 e. The Kier molecular flexibility index (Phi) is 3.89. The largest absolute Gasteiger partial charge is 0.508 e. The van der Waals surface area contributed by atoms with Crippen LogP contribution in [-0.4, -0.2) is 42.0 Å². The zero-order chi connectivity index (χ0) is 16.6. The number of esters is 2. The van der Waals surface area contributed by atoms with Gasteiger partial charge in [0.1, 0.15) is 11.5 Å². The summed E-state index contributed by atoms with van der Waals surface area (Å²) in [6.45, 7) is 4.97. The molecule has 0 spiro atoms. The number of rotatable bonds is 4. The number of aromatic hydroxyl groups is 1. The second kappa shape index (κ2) is 5.73. The van der Waals surface area contributed by atoms with Crippen molar-refractivity contribution in [2.45, 2.75) is 32.2 Å². The van der Waals surface area contributed by atoms with Crippen LogP contribution in [-0.2, 0) is 25.5 Å². The summed E-state index contributed by atoms with van der Waals surface area (Å²) < 4.78 is 16.4. The summed E-state index contributed by atoms with van der Waals surface area (Å²) in [5, 5.41) is 12.8. The Morgan fingerprint density at radius 1 is 1.30 bits per heavy atom. The van der Waals surface area contributed by atoms with E-state index in [1.165, 1.54) is 12.1 Å². The van der Waals surface area contributed by atoms with Crippen LogP contribution in [0.1, 0.15) is 19.4 Å². The molecule has 0 aromatic heterocycles. The van der Waals surface area contributed by atoms with Crippen LogP contribution in [0.4, 0.5) is 0 Å². The summed E-state index contributed by atoms with van der Waals surface area (Å²) in [7, 11) is 0. The molecule has 1 aromatic carbocycles. The lowest BCUT2D eigenvalue weighted by Gasteiger charge is -2.44. The van der Waals surface area contributed by atoms with Gasteiger partial charge in [0.05, 0.1) is 6.54 Å². The zero-order valence-electron chi connectivity index (χ0n) is 13.0. The molecule has 0 aliphatic carbocycles. The minimum atomic E-state index is -1.42. The molecule has 2 aliphatic heterocycles. The van der Waals surface area contributed by atoms with E-state index in [0.717, 1.165) is 5.56 Å². The normalized spacial score (nSPS) is 26.0. The van der Waals surface area contributed by atoms with E-state index >= 15 is 0 Å². The molecule has 2 heterocycles. The molecule has 1 aromatic rings. The highest BCUT2D eigenvalue weighted by Gasteiger charge is 2.55. The number of carbonyl (C=O) groups is 2. The minimum Gasteiger partial charge on any atom is -0.508 e. The summed E-state index contributed by atoms with van der Waals surface area (Å²) in [5.41, 5.74) is 0.776. The third kappa shape index (κ3) is 2.96. The summed E-state index contributed by atoms with van der Waals surface area (Å²) in [5.74, 6) is -2.64. The third-order valence-electron chi connectivity index (χ3n) is 3.83. The quantitative estimate of drug-likeness (QED) is 0.624. The zero-order valence-corrected chi connectivity index (χ0v) is 13.0. The molecule has 0 radical (unpaired) electrons. The van der Waals surface area contributed by atoms with Gasteiger partial charge in [-0.3, -0.25) is 0 Å².